The van der Waals surface area contributed by atoms with Crippen LogP contribution in [-0.2, 0) is 6.54 Å². The fourth-order valence-corrected chi connectivity index (χ4v) is 2.68. The van der Waals surface area contributed by atoms with Gasteiger partial charge in [-0.1, -0.05) is 29.8 Å². The Labute approximate surface area is 118 Å². The molecule has 2 rings (SSSR count). The Morgan fingerprint density at radius 1 is 1.24 bits per heavy atom. The minimum atomic E-state index is 0.773. The van der Waals surface area contributed by atoms with Crippen LogP contribution in [0.3, 0.4) is 0 Å². The van der Waals surface area contributed by atoms with Gasteiger partial charge in [0.25, 0.3) is 0 Å². The van der Waals surface area contributed by atoms with Gasteiger partial charge < -0.3 is 5.32 Å². The van der Waals surface area contributed by atoms with Gasteiger partial charge in [-0.2, -0.15) is 0 Å². The minimum absolute atomic E-state index is 0.773. The predicted octanol–water partition coefficient (Wildman–Crippen LogP) is 4.53. The second-order valence-electron chi connectivity index (χ2n) is 3.83. The van der Waals surface area contributed by atoms with Gasteiger partial charge >= 0.3 is 0 Å². The van der Waals surface area contributed by atoms with Crippen molar-refractivity contribution >= 4 is 37.7 Å². The van der Waals surface area contributed by atoms with E-state index in [9.17, 15) is 0 Å². The Morgan fingerprint density at radius 3 is 2.76 bits per heavy atom. The maximum absolute atomic E-state index is 4.31. The Hall–Kier alpha value is -0.870. The van der Waals surface area contributed by atoms with E-state index in [0.717, 1.165) is 21.3 Å². The van der Waals surface area contributed by atoms with Crippen molar-refractivity contribution in [2.45, 2.75) is 13.5 Å². The van der Waals surface area contributed by atoms with Crippen molar-refractivity contribution < 1.29 is 0 Å². The summed E-state index contributed by atoms with van der Waals surface area (Å²) < 4.78 is 1.92. The van der Waals surface area contributed by atoms with Crippen LogP contribution >= 0.6 is 31.9 Å². The first kappa shape index (κ1) is 12.6. The van der Waals surface area contributed by atoms with Crippen LogP contribution in [0.4, 0.5) is 5.82 Å². The van der Waals surface area contributed by atoms with E-state index in [1.165, 1.54) is 11.1 Å². The highest BCUT2D eigenvalue weighted by molar-refractivity contribution is 9.11. The van der Waals surface area contributed by atoms with Gasteiger partial charge in [0.15, 0.2) is 0 Å². The van der Waals surface area contributed by atoms with Crippen LogP contribution in [-0.4, -0.2) is 4.98 Å². The predicted molar refractivity (Wildman–Crippen MR) is 78.1 cm³/mol. The topological polar surface area (TPSA) is 24.9 Å². The smallest absolute Gasteiger partial charge is 0.140 e. The summed E-state index contributed by atoms with van der Waals surface area (Å²) in [5.74, 6) is 0.856. The fraction of sp³-hybridized carbons (Fsp3) is 0.154. The van der Waals surface area contributed by atoms with Gasteiger partial charge in [-0.05, 0) is 50.4 Å². The average Bonchev–Trinajstić information content (AvgIpc) is 2.28. The SMILES string of the molecule is Cc1cccc(CNc2ncc(Br)cc2Br)c1. The number of rotatable bonds is 3. The van der Waals surface area contributed by atoms with Crippen LogP contribution in [0.2, 0.25) is 0 Å². The molecule has 0 aliphatic heterocycles. The number of halogens is 2. The number of hydrogen-bond acceptors (Lipinski definition) is 2. The molecule has 2 nitrogen and oxygen atoms in total. The molecular formula is C13H12Br2N2. The third kappa shape index (κ3) is 3.54. The molecule has 0 saturated heterocycles. The lowest BCUT2D eigenvalue weighted by molar-refractivity contribution is 1.10. The van der Waals surface area contributed by atoms with E-state index in [1.807, 2.05) is 6.07 Å². The lowest BCUT2D eigenvalue weighted by atomic mass is 10.1. The highest BCUT2D eigenvalue weighted by Crippen LogP contribution is 2.23. The van der Waals surface area contributed by atoms with Crippen molar-refractivity contribution in [3.8, 4) is 0 Å². The van der Waals surface area contributed by atoms with Crippen LogP contribution in [0.15, 0.2) is 45.5 Å². The van der Waals surface area contributed by atoms with Crippen molar-refractivity contribution in [3.05, 3.63) is 56.6 Å². The molecule has 0 aliphatic rings. The van der Waals surface area contributed by atoms with Gasteiger partial charge in [-0.25, -0.2) is 4.98 Å². The lowest BCUT2D eigenvalue weighted by Crippen LogP contribution is -2.02. The number of aryl methyl sites for hydroxylation is 1. The summed E-state index contributed by atoms with van der Waals surface area (Å²) in [4.78, 5) is 4.31. The summed E-state index contributed by atoms with van der Waals surface area (Å²) in [5, 5.41) is 3.30. The summed E-state index contributed by atoms with van der Waals surface area (Å²) in [6, 6.07) is 10.4. The molecule has 1 N–H and O–H groups in total. The summed E-state index contributed by atoms with van der Waals surface area (Å²) in [5.41, 5.74) is 2.52. The molecular weight excluding hydrogens is 344 g/mol. The number of pyridine rings is 1. The van der Waals surface area contributed by atoms with E-state index in [1.54, 1.807) is 6.20 Å². The molecule has 1 aromatic heterocycles. The second kappa shape index (κ2) is 5.65. The first-order valence-electron chi connectivity index (χ1n) is 5.25. The van der Waals surface area contributed by atoms with Crippen molar-refractivity contribution in [1.29, 1.82) is 0 Å². The molecule has 2 aromatic rings. The van der Waals surface area contributed by atoms with Crippen LogP contribution in [0.1, 0.15) is 11.1 Å². The Kier molecular flexibility index (Phi) is 4.18. The van der Waals surface area contributed by atoms with Gasteiger partial charge in [0, 0.05) is 17.2 Å². The maximum Gasteiger partial charge on any atom is 0.140 e. The molecule has 1 aromatic carbocycles. The Balaban J connectivity index is 2.07. The van der Waals surface area contributed by atoms with Crippen LogP contribution in [0.5, 0.6) is 0 Å². The van der Waals surface area contributed by atoms with Gasteiger partial charge in [-0.15, -0.1) is 0 Å². The molecule has 0 amide bonds. The zero-order valence-electron chi connectivity index (χ0n) is 9.37. The first-order valence-corrected chi connectivity index (χ1v) is 6.84. The number of nitrogens with zero attached hydrogens (tertiary/aromatic N) is 1. The second-order valence-corrected chi connectivity index (χ2v) is 5.60. The average molecular weight is 356 g/mol. The number of anilines is 1. The summed E-state index contributed by atoms with van der Waals surface area (Å²) in [6.45, 7) is 2.87. The van der Waals surface area contributed by atoms with E-state index in [2.05, 4.69) is 73.3 Å². The van der Waals surface area contributed by atoms with E-state index in [-0.39, 0.29) is 0 Å². The zero-order valence-corrected chi connectivity index (χ0v) is 12.5. The normalized spacial score (nSPS) is 10.3. The molecule has 0 saturated carbocycles. The largest absolute Gasteiger partial charge is 0.365 e. The maximum atomic E-state index is 4.31. The van der Waals surface area contributed by atoms with E-state index >= 15 is 0 Å². The summed E-state index contributed by atoms with van der Waals surface area (Å²) >= 11 is 6.86. The molecule has 1 heterocycles. The van der Waals surface area contributed by atoms with Gasteiger partial charge in [0.05, 0.1) is 4.47 Å². The van der Waals surface area contributed by atoms with Crippen molar-refractivity contribution in [1.82, 2.24) is 4.98 Å². The first-order chi connectivity index (χ1) is 8.15. The lowest BCUT2D eigenvalue weighted by Gasteiger charge is -2.08. The molecule has 88 valence electrons. The highest BCUT2D eigenvalue weighted by Gasteiger charge is 2.01. The standard InChI is InChI=1S/C13H12Br2N2/c1-9-3-2-4-10(5-9)7-16-13-12(15)6-11(14)8-17-13/h2-6,8H,7H2,1H3,(H,16,17). The van der Waals surface area contributed by atoms with E-state index in [0.29, 0.717) is 0 Å². The molecule has 0 fully saturated rings. The molecule has 0 aliphatic carbocycles. The number of nitrogens with one attached hydrogen (secondary N) is 1. The molecule has 17 heavy (non-hydrogen) atoms. The van der Waals surface area contributed by atoms with Crippen molar-refractivity contribution in [2.75, 3.05) is 5.32 Å². The number of hydrogen-bond donors (Lipinski definition) is 1. The summed E-state index contributed by atoms with van der Waals surface area (Å²) in [6.07, 6.45) is 1.78. The quantitative estimate of drug-likeness (QED) is 0.875. The fourth-order valence-electron chi connectivity index (χ4n) is 1.55. The third-order valence-electron chi connectivity index (χ3n) is 2.35. The van der Waals surface area contributed by atoms with Crippen LogP contribution in [0, 0.1) is 6.92 Å². The number of benzene rings is 1. The minimum Gasteiger partial charge on any atom is -0.365 e. The number of aromatic nitrogens is 1. The van der Waals surface area contributed by atoms with Gasteiger partial charge in [0.2, 0.25) is 0 Å². The van der Waals surface area contributed by atoms with Crippen molar-refractivity contribution in [3.63, 3.8) is 0 Å². The Morgan fingerprint density at radius 2 is 2.06 bits per heavy atom. The van der Waals surface area contributed by atoms with Crippen molar-refractivity contribution in [2.24, 2.45) is 0 Å². The monoisotopic (exact) mass is 354 g/mol. The zero-order chi connectivity index (χ0) is 12.3. The van der Waals surface area contributed by atoms with E-state index < -0.39 is 0 Å². The molecule has 0 radical (unpaired) electrons. The Bertz CT molecular complexity index is 527. The molecule has 0 spiro atoms. The molecule has 4 heteroatoms. The van der Waals surface area contributed by atoms with E-state index in [4.69, 9.17) is 0 Å². The third-order valence-corrected chi connectivity index (χ3v) is 3.39. The highest BCUT2D eigenvalue weighted by atomic mass is 79.9. The molecule has 0 unspecified atom stereocenters. The van der Waals surface area contributed by atoms with Crippen LogP contribution in [0.25, 0.3) is 0 Å². The van der Waals surface area contributed by atoms with Gasteiger partial charge in [0.1, 0.15) is 5.82 Å². The van der Waals surface area contributed by atoms with Crippen LogP contribution < -0.4 is 5.32 Å². The summed E-state index contributed by atoms with van der Waals surface area (Å²) in [7, 11) is 0. The molecule has 0 atom stereocenters. The molecule has 0 bridgehead atoms. The van der Waals surface area contributed by atoms with Gasteiger partial charge in [-0.3, -0.25) is 0 Å².